The Labute approximate surface area is 180 Å². The van der Waals surface area contributed by atoms with Crippen molar-refractivity contribution in [3.05, 3.63) is 56.5 Å². The molecule has 0 fully saturated rings. The van der Waals surface area contributed by atoms with Gasteiger partial charge in [-0.1, -0.05) is 29.3 Å². The molecule has 0 aromatic heterocycles. The highest BCUT2D eigenvalue weighted by atomic mass is 79.9. The molecule has 9 heteroatoms. The Kier molecular flexibility index (Phi) is 8.29. The number of anilines is 2. The van der Waals surface area contributed by atoms with Gasteiger partial charge in [0, 0.05) is 27.3 Å². The zero-order valence-corrected chi connectivity index (χ0v) is 18.0. The van der Waals surface area contributed by atoms with Gasteiger partial charge in [0.05, 0.1) is 11.4 Å². The van der Waals surface area contributed by atoms with Crippen LogP contribution in [0.4, 0.5) is 11.4 Å². The third-order valence-corrected chi connectivity index (χ3v) is 5.00. The van der Waals surface area contributed by atoms with Gasteiger partial charge in [-0.2, -0.15) is 0 Å². The summed E-state index contributed by atoms with van der Waals surface area (Å²) in [7, 11) is 0. The minimum absolute atomic E-state index is 0.0750. The monoisotopic (exact) mass is 486 g/mol. The first kappa shape index (κ1) is 22.2. The summed E-state index contributed by atoms with van der Waals surface area (Å²) in [6.45, 7) is 1.35. The van der Waals surface area contributed by atoms with Crippen LogP contribution in [0.15, 0.2) is 40.9 Å². The van der Waals surface area contributed by atoms with Crippen molar-refractivity contribution in [2.24, 2.45) is 0 Å². The fourth-order valence-electron chi connectivity index (χ4n) is 2.19. The lowest BCUT2D eigenvalue weighted by atomic mass is 10.2. The first-order chi connectivity index (χ1) is 13.2. The molecule has 0 aliphatic rings. The van der Waals surface area contributed by atoms with Crippen molar-refractivity contribution >= 4 is 68.3 Å². The van der Waals surface area contributed by atoms with Gasteiger partial charge in [-0.05, 0) is 58.7 Å². The Hall–Kier alpha value is -2.09. The maximum Gasteiger partial charge on any atom is 0.306 e. The molecule has 0 bridgehead atoms. The van der Waals surface area contributed by atoms with Gasteiger partial charge in [0.25, 0.3) is 5.91 Å². The Morgan fingerprint density at radius 2 is 1.79 bits per heavy atom. The average Bonchev–Trinajstić information content (AvgIpc) is 2.63. The van der Waals surface area contributed by atoms with Crippen molar-refractivity contribution in [1.82, 2.24) is 0 Å². The van der Waals surface area contributed by atoms with Gasteiger partial charge in [0.1, 0.15) is 0 Å². The van der Waals surface area contributed by atoms with E-state index < -0.39 is 18.5 Å². The summed E-state index contributed by atoms with van der Waals surface area (Å²) < 4.78 is 5.61. The van der Waals surface area contributed by atoms with E-state index in [9.17, 15) is 14.4 Å². The number of amides is 2. The molecule has 2 N–H and O–H groups in total. The van der Waals surface area contributed by atoms with Gasteiger partial charge in [0.2, 0.25) is 5.91 Å². The average molecular weight is 488 g/mol. The van der Waals surface area contributed by atoms with Crippen molar-refractivity contribution in [1.29, 1.82) is 0 Å². The SMILES string of the molecule is Cc1cc(Br)c(Cl)cc1NC(=O)COC(=O)CCC(=O)Nc1cccc(Cl)c1. The van der Waals surface area contributed by atoms with E-state index in [1.165, 1.54) is 0 Å². The van der Waals surface area contributed by atoms with Crippen LogP contribution in [-0.4, -0.2) is 24.4 Å². The summed E-state index contributed by atoms with van der Waals surface area (Å²) in [4.78, 5) is 35.5. The van der Waals surface area contributed by atoms with E-state index in [1.807, 2.05) is 0 Å². The van der Waals surface area contributed by atoms with E-state index in [-0.39, 0.29) is 18.7 Å². The van der Waals surface area contributed by atoms with Crippen LogP contribution in [0.3, 0.4) is 0 Å². The molecule has 0 unspecified atom stereocenters. The van der Waals surface area contributed by atoms with Crippen molar-refractivity contribution in [3.8, 4) is 0 Å². The molecule has 2 amide bonds. The van der Waals surface area contributed by atoms with Crippen molar-refractivity contribution < 1.29 is 19.1 Å². The lowest BCUT2D eigenvalue weighted by molar-refractivity contribution is -0.147. The standard InChI is InChI=1S/C19H17BrCl2N2O4/c1-11-7-14(20)15(22)9-16(11)24-18(26)10-28-19(27)6-5-17(25)23-13-4-2-3-12(21)8-13/h2-4,7-9H,5-6,10H2,1H3,(H,23,25)(H,24,26). The summed E-state index contributed by atoms with van der Waals surface area (Å²) >= 11 is 15.1. The third kappa shape index (κ3) is 7.14. The maximum atomic E-state index is 11.9. The van der Waals surface area contributed by atoms with Gasteiger partial charge in [-0.25, -0.2) is 0 Å². The number of carbonyl (C=O) groups excluding carboxylic acids is 3. The normalized spacial score (nSPS) is 10.3. The molecule has 2 aromatic rings. The minimum Gasteiger partial charge on any atom is -0.456 e. The third-order valence-electron chi connectivity index (χ3n) is 3.57. The number of carbonyl (C=O) groups is 3. The summed E-state index contributed by atoms with van der Waals surface area (Å²) in [6, 6.07) is 10.0. The van der Waals surface area contributed by atoms with Crippen LogP contribution < -0.4 is 10.6 Å². The quantitative estimate of drug-likeness (QED) is 0.540. The Balaban J connectivity index is 1.74. The van der Waals surface area contributed by atoms with Crippen LogP contribution in [0.5, 0.6) is 0 Å². The molecule has 148 valence electrons. The number of esters is 1. The van der Waals surface area contributed by atoms with Crippen molar-refractivity contribution in [3.63, 3.8) is 0 Å². The van der Waals surface area contributed by atoms with Crippen LogP contribution in [0.2, 0.25) is 10.0 Å². The van der Waals surface area contributed by atoms with Crippen LogP contribution in [0.1, 0.15) is 18.4 Å². The number of ether oxygens (including phenoxy) is 1. The zero-order chi connectivity index (χ0) is 20.7. The molecule has 6 nitrogen and oxygen atoms in total. The Bertz CT molecular complexity index is 905. The predicted octanol–water partition coefficient (Wildman–Crippen LogP) is 4.96. The van der Waals surface area contributed by atoms with E-state index in [2.05, 4.69) is 26.6 Å². The Morgan fingerprint density at radius 3 is 2.50 bits per heavy atom. The molecule has 2 rings (SSSR count). The van der Waals surface area contributed by atoms with Crippen LogP contribution in [0, 0.1) is 6.92 Å². The summed E-state index contributed by atoms with van der Waals surface area (Å²) in [5.41, 5.74) is 1.86. The van der Waals surface area contributed by atoms with Gasteiger partial charge in [0.15, 0.2) is 6.61 Å². The molecule has 0 spiro atoms. The number of rotatable bonds is 7. The highest BCUT2D eigenvalue weighted by molar-refractivity contribution is 9.10. The molecule has 0 radical (unpaired) electrons. The number of hydrogen-bond acceptors (Lipinski definition) is 4. The minimum atomic E-state index is -0.651. The Morgan fingerprint density at radius 1 is 1.04 bits per heavy atom. The molecule has 0 atom stereocenters. The molecule has 0 aliphatic carbocycles. The van der Waals surface area contributed by atoms with Crippen molar-refractivity contribution in [2.45, 2.75) is 19.8 Å². The number of benzene rings is 2. The van der Waals surface area contributed by atoms with Crippen molar-refractivity contribution in [2.75, 3.05) is 17.2 Å². The number of halogens is 3. The second-order valence-electron chi connectivity index (χ2n) is 5.85. The van der Waals surface area contributed by atoms with Crippen LogP contribution in [0.25, 0.3) is 0 Å². The van der Waals surface area contributed by atoms with E-state index >= 15 is 0 Å². The summed E-state index contributed by atoms with van der Waals surface area (Å²) in [5.74, 6) is -1.51. The molecule has 0 aliphatic heterocycles. The second-order valence-corrected chi connectivity index (χ2v) is 7.55. The summed E-state index contributed by atoms with van der Waals surface area (Å²) in [6.07, 6.45) is -0.225. The van der Waals surface area contributed by atoms with Crippen LogP contribution in [-0.2, 0) is 19.1 Å². The fourth-order valence-corrected chi connectivity index (χ4v) is 3.00. The van der Waals surface area contributed by atoms with Gasteiger partial charge < -0.3 is 15.4 Å². The molecular weight excluding hydrogens is 471 g/mol. The van der Waals surface area contributed by atoms with E-state index in [4.69, 9.17) is 27.9 Å². The fraction of sp³-hybridized carbons (Fsp3) is 0.211. The second kappa shape index (κ2) is 10.5. The maximum absolute atomic E-state index is 11.9. The molecular formula is C19H17BrCl2N2O4. The molecule has 0 heterocycles. The highest BCUT2D eigenvalue weighted by Crippen LogP contribution is 2.28. The number of nitrogens with one attached hydrogen (secondary N) is 2. The molecule has 2 aromatic carbocycles. The first-order valence-electron chi connectivity index (χ1n) is 8.21. The molecule has 0 saturated heterocycles. The van der Waals surface area contributed by atoms with E-state index in [0.29, 0.717) is 25.9 Å². The predicted molar refractivity (Wildman–Crippen MR) is 113 cm³/mol. The van der Waals surface area contributed by atoms with Crippen LogP contribution >= 0.6 is 39.1 Å². The largest absolute Gasteiger partial charge is 0.456 e. The molecule has 28 heavy (non-hydrogen) atoms. The van der Waals surface area contributed by atoms with Gasteiger partial charge in [-0.3, -0.25) is 14.4 Å². The first-order valence-corrected chi connectivity index (χ1v) is 9.76. The van der Waals surface area contributed by atoms with Gasteiger partial charge >= 0.3 is 5.97 Å². The number of aryl methyl sites for hydroxylation is 1. The molecule has 0 saturated carbocycles. The summed E-state index contributed by atoms with van der Waals surface area (Å²) in [5, 5.41) is 6.19. The zero-order valence-electron chi connectivity index (χ0n) is 14.9. The lowest BCUT2D eigenvalue weighted by Gasteiger charge is -2.10. The van der Waals surface area contributed by atoms with Gasteiger partial charge in [-0.15, -0.1) is 0 Å². The van der Waals surface area contributed by atoms with E-state index in [0.717, 1.165) is 5.56 Å². The number of hydrogen-bond donors (Lipinski definition) is 2. The lowest BCUT2D eigenvalue weighted by Crippen LogP contribution is -2.22. The topological polar surface area (TPSA) is 84.5 Å². The highest BCUT2D eigenvalue weighted by Gasteiger charge is 2.12. The van der Waals surface area contributed by atoms with E-state index in [1.54, 1.807) is 43.3 Å². The smallest absolute Gasteiger partial charge is 0.306 e.